The number of hydrogen-bond donors (Lipinski definition) is 1. The van der Waals surface area contributed by atoms with Crippen molar-refractivity contribution in [2.75, 3.05) is 19.6 Å². The third-order valence-electron chi connectivity index (χ3n) is 3.22. The molecule has 1 fully saturated rings. The molecule has 84 valence electrons. The third kappa shape index (κ3) is 2.58. The van der Waals surface area contributed by atoms with Gasteiger partial charge in [0.25, 0.3) is 0 Å². The molecule has 0 bridgehead atoms. The van der Waals surface area contributed by atoms with Gasteiger partial charge in [-0.05, 0) is 31.4 Å². The van der Waals surface area contributed by atoms with E-state index in [0.717, 1.165) is 19.5 Å². The lowest BCUT2D eigenvalue weighted by atomic mass is 10.2. The van der Waals surface area contributed by atoms with Crippen LogP contribution < -0.4 is 5.73 Å². The molecule has 1 saturated heterocycles. The monoisotopic (exact) mass is 208 g/mol. The lowest BCUT2D eigenvalue weighted by Crippen LogP contribution is -2.36. The van der Waals surface area contributed by atoms with Gasteiger partial charge in [-0.15, -0.1) is 0 Å². The fourth-order valence-corrected chi connectivity index (χ4v) is 2.33. The molecule has 0 saturated carbocycles. The van der Waals surface area contributed by atoms with Crippen LogP contribution in [0.1, 0.15) is 18.4 Å². The van der Waals surface area contributed by atoms with Gasteiger partial charge < -0.3 is 5.73 Å². The summed E-state index contributed by atoms with van der Waals surface area (Å²) in [5.41, 5.74) is 7.06. The zero-order chi connectivity index (χ0) is 10.7. The minimum atomic E-state index is 0.613. The lowest BCUT2D eigenvalue weighted by molar-refractivity contribution is 0.262. The largest absolute Gasteiger partial charge is 0.329 e. The van der Waals surface area contributed by atoms with Crippen LogP contribution in [0.4, 0.5) is 0 Å². The summed E-state index contributed by atoms with van der Waals surface area (Å²) < 4.78 is 1.86. The van der Waals surface area contributed by atoms with Gasteiger partial charge >= 0.3 is 0 Å². The molecule has 0 amide bonds. The Morgan fingerprint density at radius 3 is 3.13 bits per heavy atom. The van der Waals surface area contributed by atoms with Gasteiger partial charge in [0.05, 0.1) is 6.20 Å². The Balaban J connectivity index is 1.82. The van der Waals surface area contributed by atoms with Crippen LogP contribution in [0.3, 0.4) is 0 Å². The minimum absolute atomic E-state index is 0.613. The van der Waals surface area contributed by atoms with Gasteiger partial charge in [-0.3, -0.25) is 9.58 Å². The summed E-state index contributed by atoms with van der Waals surface area (Å²) in [6.45, 7) is 3.13. The molecule has 4 nitrogen and oxygen atoms in total. The third-order valence-corrected chi connectivity index (χ3v) is 3.22. The number of aromatic nitrogens is 2. The number of nitrogens with zero attached hydrogens (tertiary/aromatic N) is 3. The fourth-order valence-electron chi connectivity index (χ4n) is 2.33. The number of rotatable bonds is 4. The number of aryl methyl sites for hydroxylation is 1. The minimum Gasteiger partial charge on any atom is -0.329 e. The number of likely N-dealkylation sites (tertiary alicyclic amines) is 1. The molecule has 1 aliphatic heterocycles. The molecule has 1 unspecified atom stereocenters. The van der Waals surface area contributed by atoms with Gasteiger partial charge in [-0.25, -0.2) is 0 Å². The van der Waals surface area contributed by atoms with Crippen LogP contribution in [0, 0.1) is 0 Å². The van der Waals surface area contributed by atoms with Crippen molar-refractivity contribution in [3.05, 3.63) is 18.0 Å². The summed E-state index contributed by atoms with van der Waals surface area (Å²) in [4.78, 5) is 2.51. The highest BCUT2D eigenvalue weighted by atomic mass is 15.2. The highest BCUT2D eigenvalue weighted by Gasteiger charge is 2.22. The molecule has 0 spiro atoms. The Labute approximate surface area is 91.1 Å². The lowest BCUT2D eigenvalue weighted by Gasteiger charge is -2.22. The van der Waals surface area contributed by atoms with Gasteiger partial charge in [0.2, 0.25) is 0 Å². The van der Waals surface area contributed by atoms with Crippen LogP contribution in [-0.2, 0) is 13.5 Å². The van der Waals surface area contributed by atoms with Gasteiger partial charge in [0.15, 0.2) is 0 Å². The number of nitrogens with two attached hydrogens (primary N) is 1. The van der Waals surface area contributed by atoms with E-state index in [4.69, 9.17) is 5.73 Å². The first-order chi connectivity index (χ1) is 7.29. The SMILES string of the molecule is Cn1cc(CCN2CCCC2CN)cn1. The highest BCUT2D eigenvalue weighted by molar-refractivity contribution is 5.04. The molecular formula is C11H20N4. The topological polar surface area (TPSA) is 47.1 Å². The maximum Gasteiger partial charge on any atom is 0.0522 e. The van der Waals surface area contributed by atoms with Crippen LogP contribution in [0.5, 0.6) is 0 Å². The molecular weight excluding hydrogens is 188 g/mol. The fraction of sp³-hybridized carbons (Fsp3) is 0.727. The van der Waals surface area contributed by atoms with Crippen LogP contribution in [0.15, 0.2) is 12.4 Å². The van der Waals surface area contributed by atoms with E-state index < -0.39 is 0 Å². The summed E-state index contributed by atoms with van der Waals surface area (Å²) in [5.74, 6) is 0. The molecule has 2 rings (SSSR count). The van der Waals surface area contributed by atoms with Crippen molar-refractivity contribution >= 4 is 0 Å². The summed E-state index contributed by atoms with van der Waals surface area (Å²) in [6, 6.07) is 0.613. The second-order valence-electron chi connectivity index (χ2n) is 4.34. The second-order valence-corrected chi connectivity index (χ2v) is 4.34. The first kappa shape index (κ1) is 10.6. The van der Waals surface area contributed by atoms with Crippen LogP contribution >= 0.6 is 0 Å². The Morgan fingerprint density at radius 1 is 1.60 bits per heavy atom. The van der Waals surface area contributed by atoms with Crippen LogP contribution in [0.2, 0.25) is 0 Å². The number of hydrogen-bond acceptors (Lipinski definition) is 3. The average Bonchev–Trinajstić information content (AvgIpc) is 2.83. The molecule has 4 heteroatoms. The smallest absolute Gasteiger partial charge is 0.0522 e. The van der Waals surface area contributed by atoms with E-state index in [0.29, 0.717) is 6.04 Å². The van der Waals surface area contributed by atoms with Crippen molar-refractivity contribution in [2.45, 2.75) is 25.3 Å². The van der Waals surface area contributed by atoms with Crippen LogP contribution in [-0.4, -0.2) is 40.4 Å². The van der Waals surface area contributed by atoms with E-state index in [-0.39, 0.29) is 0 Å². The van der Waals surface area contributed by atoms with Gasteiger partial charge in [0, 0.05) is 32.4 Å². The quantitative estimate of drug-likeness (QED) is 0.778. The van der Waals surface area contributed by atoms with Gasteiger partial charge in [-0.2, -0.15) is 5.10 Å². The van der Waals surface area contributed by atoms with Gasteiger partial charge in [0.1, 0.15) is 0 Å². The summed E-state index contributed by atoms with van der Waals surface area (Å²) >= 11 is 0. The van der Waals surface area contributed by atoms with E-state index in [1.807, 2.05) is 17.9 Å². The van der Waals surface area contributed by atoms with E-state index in [1.165, 1.54) is 24.9 Å². The van der Waals surface area contributed by atoms with Crippen molar-refractivity contribution in [3.8, 4) is 0 Å². The van der Waals surface area contributed by atoms with Gasteiger partial charge in [-0.1, -0.05) is 0 Å². The molecule has 0 aromatic carbocycles. The molecule has 1 aliphatic rings. The van der Waals surface area contributed by atoms with E-state index in [2.05, 4.69) is 16.2 Å². The van der Waals surface area contributed by atoms with Crippen molar-refractivity contribution < 1.29 is 0 Å². The van der Waals surface area contributed by atoms with Crippen molar-refractivity contribution in [1.29, 1.82) is 0 Å². The standard InChI is InChI=1S/C11H20N4/c1-14-9-10(8-13-14)4-6-15-5-2-3-11(15)7-12/h8-9,11H,2-7,12H2,1H3. The Kier molecular flexibility index (Phi) is 3.38. The molecule has 0 aliphatic carbocycles. The zero-order valence-corrected chi connectivity index (χ0v) is 9.39. The van der Waals surface area contributed by atoms with Crippen molar-refractivity contribution in [1.82, 2.24) is 14.7 Å². The Morgan fingerprint density at radius 2 is 2.47 bits per heavy atom. The maximum absolute atomic E-state index is 5.74. The summed E-state index contributed by atoms with van der Waals surface area (Å²) in [5, 5.41) is 4.17. The van der Waals surface area contributed by atoms with E-state index >= 15 is 0 Å². The molecule has 15 heavy (non-hydrogen) atoms. The molecule has 1 atom stereocenters. The zero-order valence-electron chi connectivity index (χ0n) is 9.39. The molecule has 1 aromatic heterocycles. The first-order valence-corrected chi connectivity index (χ1v) is 5.71. The van der Waals surface area contributed by atoms with Crippen LogP contribution in [0.25, 0.3) is 0 Å². The second kappa shape index (κ2) is 4.77. The van der Waals surface area contributed by atoms with E-state index in [1.54, 1.807) is 0 Å². The molecule has 0 radical (unpaired) electrons. The normalized spacial score (nSPS) is 22.4. The molecule has 2 heterocycles. The highest BCUT2D eigenvalue weighted by Crippen LogP contribution is 2.16. The molecule has 2 N–H and O–H groups in total. The predicted octanol–water partition coefficient (Wildman–Crippen LogP) is 0.386. The first-order valence-electron chi connectivity index (χ1n) is 5.71. The summed E-state index contributed by atoms with van der Waals surface area (Å²) in [7, 11) is 1.96. The summed E-state index contributed by atoms with van der Waals surface area (Å²) in [6.07, 6.45) is 7.70. The van der Waals surface area contributed by atoms with E-state index in [9.17, 15) is 0 Å². The molecule has 1 aromatic rings. The van der Waals surface area contributed by atoms with Crippen molar-refractivity contribution in [2.24, 2.45) is 12.8 Å². The Bertz CT molecular complexity index is 307. The maximum atomic E-state index is 5.74. The predicted molar refractivity (Wildman–Crippen MR) is 60.6 cm³/mol. The average molecular weight is 208 g/mol. The van der Waals surface area contributed by atoms with Crippen molar-refractivity contribution in [3.63, 3.8) is 0 Å². The Hall–Kier alpha value is -0.870.